The zero-order chi connectivity index (χ0) is 19.8. The number of amides is 1. The standard InChI is InChI=1S/C21H27N3O3/c1-14-12-15(2)22-19(25)18(14)20(26)24-11-10-21(27,17(13-24)23(3)4)16-8-6-5-7-9-16/h5-9,12,17,27H,10-11,13H2,1-4H3,(H,22,25)/t17-,21+/m1/s1. The number of H-pyrrole nitrogens is 1. The number of hydrogen-bond acceptors (Lipinski definition) is 4. The Morgan fingerprint density at radius 2 is 1.93 bits per heavy atom. The van der Waals surface area contributed by atoms with Gasteiger partial charge in [-0.05, 0) is 51.6 Å². The molecule has 6 heteroatoms. The van der Waals surface area contributed by atoms with E-state index in [1.165, 1.54) is 0 Å². The predicted molar refractivity (Wildman–Crippen MR) is 105 cm³/mol. The van der Waals surface area contributed by atoms with Crippen LogP contribution < -0.4 is 5.56 Å². The number of benzene rings is 1. The second-order valence-electron chi connectivity index (χ2n) is 7.61. The van der Waals surface area contributed by atoms with Crippen LogP contribution in [0.2, 0.25) is 0 Å². The third kappa shape index (κ3) is 3.55. The summed E-state index contributed by atoms with van der Waals surface area (Å²) in [6.45, 7) is 4.32. The summed E-state index contributed by atoms with van der Waals surface area (Å²) in [6, 6.07) is 11.1. The Balaban J connectivity index is 1.92. The molecular weight excluding hydrogens is 342 g/mol. The maximum atomic E-state index is 13.1. The Bertz CT molecular complexity index is 891. The first-order chi connectivity index (χ1) is 12.7. The molecule has 6 nitrogen and oxygen atoms in total. The monoisotopic (exact) mass is 369 g/mol. The van der Waals surface area contributed by atoms with Crippen molar-refractivity contribution in [3.05, 3.63) is 69.1 Å². The number of hydrogen-bond donors (Lipinski definition) is 2. The van der Waals surface area contributed by atoms with Crippen LogP contribution in [0, 0.1) is 13.8 Å². The minimum atomic E-state index is -1.05. The third-order valence-corrected chi connectivity index (χ3v) is 5.47. The predicted octanol–water partition coefficient (Wildman–Crippen LogP) is 1.66. The van der Waals surface area contributed by atoms with Gasteiger partial charge in [-0.1, -0.05) is 30.3 Å². The molecule has 0 aliphatic carbocycles. The fourth-order valence-corrected chi connectivity index (χ4v) is 4.04. The third-order valence-electron chi connectivity index (χ3n) is 5.47. The summed E-state index contributed by atoms with van der Waals surface area (Å²) in [6.07, 6.45) is 0.411. The number of likely N-dealkylation sites (tertiary alicyclic amines) is 1. The van der Waals surface area contributed by atoms with Crippen LogP contribution in [0.1, 0.15) is 33.6 Å². The lowest BCUT2D eigenvalue weighted by atomic mass is 9.79. The van der Waals surface area contributed by atoms with E-state index < -0.39 is 5.60 Å². The number of nitrogens with one attached hydrogen (secondary N) is 1. The fraction of sp³-hybridized carbons (Fsp3) is 0.429. The fourth-order valence-electron chi connectivity index (χ4n) is 4.04. The second-order valence-corrected chi connectivity index (χ2v) is 7.61. The summed E-state index contributed by atoms with van der Waals surface area (Å²) in [5.74, 6) is -0.282. The Morgan fingerprint density at radius 3 is 2.52 bits per heavy atom. The molecule has 0 unspecified atom stereocenters. The zero-order valence-corrected chi connectivity index (χ0v) is 16.3. The molecule has 2 atom stereocenters. The van der Waals surface area contributed by atoms with Gasteiger partial charge in [-0.2, -0.15) is 0 Å². The number of aryl methyl sites for hydroxylation is 2. The summed E-state index contributed by atoms with van der Waals surface area (Å²) < 4.78 is 0. The highest BCUT2D eigenvalue weighted by Gasteiger charge is 2.45. The van der Waals surface area contributed by atoms with Crippen LogP contribution in [0.5, 0.6) is 0 Å². The summed E-state index contributed by atoms with van der Waals surface area (Å²) in [5, 5.41) is 11.4. The van der Waals surface area contributed by atoms with Crippen LogP contribution in [0.25, 0.3) is 0 Å². The summed E-state index contributed by atoms with van der Waals surface area (Å²) in [5.41, 5.74) is 1.03. The van der Waals surface area contributed by atoms with Crippen molar-refractivity contribution in [1.29, 1.82) is 0 Å². The second kappa shape index (κ2) is 7.29. The van der Waals surface area contributed by atoms with Gasteiger partial charge in [0.15, 0.2) is 0 Å². The molecule has 27 heavy (non-hydrogen) atoms. The minimum absolute atomic E-state index is 0.184. The molecule has 1 aliphatic heterocycles. The van der Waals surface area contributed by atoms with Crippen LogP contribution >= 0.6 is 0 Å². The molecule has 0 spiro atoms. The van der Waals surface area contributed by atoms with E-state index in [0.29, 0.717) is 25.1 Å². The lowest BCUT2D eigenvalue weighted by molar-refractivity contribution is -0.0810. The number of nitrogens with zero attached hydrogens (tertiary/aromatic N) is 2. The molecule has 1 aromatic carbocycles. The van der Waals surface area contributed by atoms with Crippen LogP contribution in [0.4, 0.5) is 0 Å². The van der Waals surface area contributed by atoms with Crippen molar-refractivity contribution in [3.63, 3.8) is 0 Å². The molecule has 1 aromatic heterocycles. The van der Waals surface area contributed by atoms with Gasteiger partial charge in [0, 0.05) is 18.8 Å². The van der Waals surface area contributed by atoms with Crippen molar-refractivity contribution in [1.82, 2.24) is 14.8 Å². The summed E-state index contributed by atoms with van der Waals surface area (Å²) in [7, 11) is 3.80. The van der Waals surface area contributed by atoms with Gasteiger partial charge in [0.1, 0.15) is 11.2 Å². The maximum Gasteiger partial charge on any atom is 0.261 e. The van der Waals surface area contributed by atoms with Gasteiger partial charge in [-0.25, -0.2) is 0 Å². The molecule has 144 valence electrons. The number of aromatic amines is 1. The van der Waals surface area contributed by atoms with E-state index in [0.717, 1.165) is 11.3 Å². The van der Waals surface area contributed by atoms with E-state index in [1.807, 2.05) is 55.4 Å². The van der Waals surface area contributed by atoms with Gasteiger partial charge < -0.3 is 19.9 Å². The quantitative estimate of drug-likeness (QED) is 0.863. The molecule has 1 fully saturated rings. The molecule has 1 aliphatic rings. The molecule has 2 N–H and O–H groups in total. The molecule has 1 saturated heterocycles. The van der Waals surface area contributed by atoms with Gasteiger partial charge in [-0.15, -0.1) is 0 Å². The highest BCUT2D eigenvalue weighted by Crippen LogP contribution is 2.35. The van der Waals surface area contributed by atoms with Crippen molar-refractivity contribution in [2.45, 2.75) is 31.9 Å². The van der Waals surface area contributed by atoms with E-state index in [9.17, 15) is 14.7 Å². The van der Waals surface area contributed by atoms with Gasteiger partial charge in [-0.3, -0.25) is 9.59 Å². The van der Waals surface area contributed by atoms with Crippen LogP contribution in [0.15, 0.2) is 41.2 Å². The maximum absolute atomic E-state index is 13.1. The molecule has 0 bridgehead atoms. The molecule has 2 heterocycles. The number of aromatic nitrogens is 1. The van der Waals surface area contributed by atoms with Crippen molar-refractivity contribution in [3.8, 4) is 0 Å². The van der Waals surface area contributed by atoms with Crippen molar-refractivity contribution in [2.75, 3.05) is 27.2 Å². The summed E-state index contributed by atoms with van der Waals surface area (Å²) >= 11 is 0. The largest absolute Gasteiger partial charge is 0.383 e. The highest BCUT2D eigenvalue weighted by atomic mass is 16.3. The molecule has 1 amide bonds. The Kier molecular flexibility index (Phi) is 5.22. The lowest BCUT2D eigenvalue weighted by Crippen LogP contribution is -2.60. The topological polar surface area (TPSA) is 76.6 Å². The highest BCUT2D eigenvalue weighted by molar-refractivity contribution is 5.95. The number of aliphatic hydroxyl groups is 1. The van der Waals surface area contributed by atoms with E-state index in [2.05, 4.69) is 4.98 Å². The smallest absolute Gasteiger partial charge is 0.261 e. The normalized spacial score (nSPS) is 22.9. The first-order valence-corrected chi connectivity index (χ1v) is 9.18. The van der Waals surface area contributed by atoms with Gasteiger partial charge in [0.25, 0.3) is 11.5 Å². The Hall–Kier alpha value is -2.44. The van der Waals surface area contributed by atoms with E-state index in [-0.39, 0.29) is 23.1 Å². The number of carbonyl (C=O) groups is 1. The molecular formula is C21H27N3O3. The molecule has 0 saturated carbocycles. The average molecular weight is 369 g/mol. The van der Waals surface area contributed by atoms with E-state index in [4.69, 9.17) is 0 Å². The number of pyridine rings is 1. The number of piperidine rings is 1. The van der Waals surface area contributed by atoms with Gasteiger partial charge >= 0.3 is 0 Å². The zero-order valence-electron chi connectivity index (χ0n) is 16.3. The molecule has 2 aromatic rings. The van der Waals surface area contributed by atoms with Crippen LogP contribution in [-0.2, 0) is 5.60 Å². The molecule has 0 radical (unpaired) electrons. The number of carbonyl (C=O) groups excluding carboxylic acids is 1. The first kappa shape index (κ1) is 19.3. The summed E-state index contributed by atoms with van der Waals surface area (Å²) in [4.78, 5) is 31.8. The average Bonchev–Trinajstić information content (AvgIpc) is 2.61. The van der Waals surface area contributed by atoms with Crippen molar-refractivity contribution >= 4 is 5.91 Å². The number of likely N-dealkylation sites (N-methyl/N-ethyl adjacent to an activating group) is 1. The first-order valence-electron chi connectivity index (χ1n) is 9.18. The van der Waals surface area contributed by atoms with Gasteiger partial charge in [0.05, 0.1) is 6.04 Å². The van der Waals surface area contributed by atoms with Crippen molar-refractivity contribution < 1.29 is 9.90 Å². The minimum Gasteiger partial charge on any atom is -0.383 e. The van der Waals surface area contributed by atoms with Crippen LogP contribution in [-0.4, -0.2) is 59.0 Å². The van der Waals surface area contributed by atoms with E-state index >= 15 is 0 Å². The van der Waals surface area contributed by atoms with Crippen molar-refractivity contribution in [2.24, 2.45) is 0 Å². The molecule has 3 rings (SSSR count). The van der Waals surface area contributed by atoms with E-state index in [1.54, 1.807) is 18.7 Å². The Morgan fingerprint density at radius 1 is 1.26 bits per heavy atom. The number of rotatable bonds is 3. The van der Waals surface area contributed by atoms with Crippen LogP contribution in [0.3, 0.4) is 0 Å². The SMILES string of the molecule is Cc1cc(C)c(C(=O)N2CC[C@](O)(c3ccccc3)[C@H](N(C)C)C2)c(=O)[nH]1. The lowest BCUT2D eigenvalue weighted by Gasteiger charge is -2.47. The van der Waals surface area contributed by atoms with Gasteiger partial charge in [0.2, 0.25) is 0 Å². The Labute approximate surface area is 159 Å².